The van der Waals surface area contributed by atoms with Gasteiger partial charge in [-0.3, -0.25) is 14.5 Å². The van der Waals surface area contributed by atoms with Crippen molar-refractivity contribution in [2.24, 2.45) is 17.8 Å². The van der Waals surface area contributed by atoms with Crippen LogP contribution < -0.4 is 15.0 Å². The average Bonchev–Trinajstić information content (AvgIpc) is 3.88. The van der Waals surface area contributed by atoms with E-state index in [1.807, 2.05) is 21.9 Å². The smallest absolute Gasteiger partial charge is 0.416 e. The number of alkyl halides is 3. The highest BCUT2D eigenvalue weighted by Gasteiger charge is 2.46. The van der Waals surface area contributed by atoms with Crippen LogP contribution in [0.15, 0.2) is 42.5 Å². The molecule has 3 saturated heterocycles. The third-order valence-electron chi connectivity index (χ3n) is 11.4. The van der Waals surface area contributed by atoms with E-state index in [1.54, 1.807) is 20.2 Å². The fourth-order valence-electron chi connectivity index (χ4n) is 8.70. The van der Waals surface area contributed by atoms with Crippen LogP contribution in [0.3, 0.4) is 0 Å². The number of carbonyl (C=O) groups excluding carboxylic acids is 2. The number of nitrogens with zero attached hydrogens (tertiary/aromatic N) is 4. The molecule has 3 aliphatic heterocycles. The number of likely N-dealkylation sites (tertiary alicyclic amines) is 2. The van der Waals surface area contributed by atoms with Crippen molar-refractivity contribution in [1.29, 1.82) is 5.26 Å². The number of amides is 2. The number of carbonyl (C=O) groups is 2. The Bertz CT molecular complexity index is 1500. The molecule has 11 heteroatoms. The van der Waals surface area contributed by atoms with Crippen LogP contribution in [0, 0.1) is 29.1 Å². The maximum atomic E-state index is 14.5. The number of anilines is 1. The number of methoxy groups -OCH3 is 1. The molecule has 0 bridgehead atoms. The summed E-state index contributed by atoms with van der Waals surface area (Å²) >= 11 is 0. The fourth-order valence-corrected chi connectivity index (χ4v) is 8.70. The summed E-state index contributed by atoms with van der Waals surface area (Å²) in [5.41, 5.74) is 1.61. The summed E-state index contributed by atoms with van der Waals surface area (Å²) in [6, 6.07) is 14.7. The van der Waals surface area contributed by atoms with Crippen LogP contribution in [0.1, 0.15) is 73.5 Å². The van der Waals surface area contributed by atoms with Gasteiger partial charge in [-0.15, -0.1) is 0 Å². The Morgan fingerprint density at radius 1 is 0.958 bits per heavy atom. The molecule has 1 saturated carbocycles. The summed E-state index contributed by atoms with van der Waals surface area (Å²) in [7, 11) is 3.23. The Labute approximate surface area is 281 Å². The monoisotopic (exact) mass is 665 g/mol. The number of hydrogen-bond acceptors (Lipinski definition) is 6. The molecule has 2 amide bonds. The first-order chi connectivity index (χ1) is 23.1. The second kappa shape index (κ2) is 14.4. The van der Waals surface area contributed by atoms with Crippen molar-refractivity contribution in [2.45, 2.75) is 69.0 Å². The molecule has 48 heavy (non-hydrogen) atoms. The number of nitriles is 1. The molecule has 1 N–H and O–H groups in total. The lowest BCUT2D eigenvalue weighted by atomic mass is 9.84. The molecule has 0 radical (unpaired) electrons. The van der Waals surface area contributed by atoms with Gasteiger partial charge in [0.05, 0.1) is 24.7 Å². The van der Waals surface area contributed by atoms with Crippen LogP contribution in [-0.2, 0) is 15.8 Å². The third-order valence-corrected chi connectivity index (χ3v) is 11.4. The van der Waals surface area contributed by atoms with E-state index < -0.39 is 11.7 Å². The van der Waals surface area contributed by atoms with Crippen LogP contribution in [0.5, 0.6) is 5.75 Å². The van der Waals surface area contributed by atoms with E-state index >= 15 is 0 Å². The Morgan fingerprint density at radius 3 is 2.29 bits per heavy atom. The van der Waals surface area contributed by atoms with Crippen LogP contribution in [-0.4, -0.2) is 81.1 Å². The quantitative estimate of drug-likeness (QED) is 0.384. The van der Waals surface area contributed by atoms with E-state index in [0.29, 0.717) is 57.3 Å². The normalized spacial score (nSPS) is 25.8. The summed E-state index contributed by atoms with van der Waals surface area (Å²) in [6.07, 6.45) is 1.46. The van der Waals surface area contributed by atoms with Gasteiger partial charge in [0.25, 0.3) is 0 Å². The molecular weight excluding hydrogens is 619 g/mol. The van der Waals surface area contributed by atoms with Crippen LogP contribution in [0.25, 0.3) is 0 Å². The van der Waals surface area contributed by atoms with Crippen molar-refractivity contribution in [2.75, 3.05) is 58.3 Å². The molecule has 0 unspecified atom stereocenters. The van der Waals surface area contributed by atoms with Gasteiger partial charge in [0.1, 0.15) is 5.75 Å². The van der Waals surface area contributed by atoms with E-state index in [-0.39, 0.29) is 47.8 Å². The van der Waals surface area contributed by atoms with Crippen LogP contribution >= 0.6 is 0 Å². The minimum atomic E-state index is -4.51. The summed E-state index contributed by atoms with van der Waals surface area (Å²) in [5.74, 6) is -0.138. The summed E-state index contributed by atoms with van der Waals surface area (Å²) in [5, 5.41) is 12.5. The molecule has 4 aliphatic rings. The molecule has 1 aliphatic carbocycles. The topological polar surface area (TPSA) is 88.9 Å². The van der Waals surface area contributed by atoms with Gasteiger partial charge in [-0.25, -0.2) is 0 Å². The van der Waals surface area contributed by atoms with E-state index in [1.165, 1.54) is 18.9 Å². The summed E-state index contributed by atoms with van der Waals surface area (Å²) in [4.78, 5) is 33.1. The number of benzene rings is 2. The van der Waals surface area contributed by atoms with Crippen LogP contribution in [0.2, 0.25) is 0 Å². The molecule has 2 aromatic rings. The number of ether oxygens (including phenoxy) is 1. The zero-order valence-corrected chi connectivity index (χ0v) is 27.8. The highest BCUT2D eigenvalue weighted by Crippen LogP contribution is 2.45. The number of nitrogens with one attached hydrogen (secondary N) is 1. The first-order valence-electron chi connectivity index (χ1n) is 17.3. The number of halogens is 3. The highest BCUT2D eigenvalue weighted by atomic mass is 19.4. The Hall–Kier alpha value is -3.78. The minimum Gasteiger partial charge on any atom is -0.497 e. The van der Waals surface area contributed by atoms with Gasteiger partial charge in [-0.05, 0) is 67.0 Å². The zero-order chi connectivity index (χ0) is 34.0. The predicted molar refractivity (Wildman–Crippen MR) is 177 cm³/mol. The summed E-state index contributed by atoms with van der Waals surface area (Å²) < 4.78 is 47.3. The number of hydrogen-bond donors (Lipinski definition) is 1. The average molecular weight is 666 g/mol. The fraction of sp³-hybridized carbons (Fsp3) is 0.595. The molecule has 0 spiro atoms. The van der Waals surface area contributed by atoms with Gasteiger partial charge >= 0.3 is 6.18 Å². The van der Waals surface area contributed by atoms with Crippen molar-refractivity contribution in [1.82, 2.24) is 15.1 Å². The zero-order valence-electron chi connectivity index (χ0n) is 27.8. The Balaban J connectivity index is 1.28. The van der Waals surface area contributed by atoms with Crippen molar-refractivity contribution in [3.63, 3.8) is 0 Å². The maximum Gasteiger partial charge on any atom is 0.416 e. The maximum absolute atomic E-state index is 14.5. The van der Waals surface area contributed by atoms with Gasteiger partial charge < -0.3 is 19.9 Å². The summed E-state index contributed by atoms with van der Waals surface area (Å²) in [6.45, 7) is 3.14. The van der Waals surface area contributed by atoms with Crippen molar-refractivity contribution in [3.05, 3.63) is 59.2 Å². The van der Waals surface area contributed by atoms with Crippen molar-refractivity contribution in [3.8, 4) is 11.8 Å². The van der Waals surface area contributed by atoms with Crippen molar-refractivity contribution < 1.29 is 27.5 Å². The highest BCUT2D eigenvalue weighted by molar-refractivity contribution is 5.81. The molecule has 3 heterocycles. The van der Waals surface area contributed by atoms with Gasteiger partial charge in [0.2, 0.25) is 11.8 Å². The van der Waals surface area contributed by atoms with Gasteiger partial charge in [0.15, 0.2) is 0 Å². The van der Waals surface area contributed by atoms with E-state index in [4.69, 9.17) is 4.74 Å². The molecule has 6 rings (SSSR count). The van der Waals surface area contributed by atoms with E-state index in [0.717, 1.165) is 42.3 Å². The lowest BCUT2D eigenvalue weighted by Gasteiger charge is -2.36. The first kappa shape index (κ1) is 34.1. The van der Waals surface area contributed by atoms with E-state index in [9.17, 15) is 28.0 Å². The lowest BCUT2D eigenvalue weighted by Crippen LogP contribution is -2.40. The third kappa shape index (κ3) is 7.00. The van der Waals surface area contributed by atoms with Gasteiger partial charge in [0, 0.05) is 82.2 Å². The molecule has 2 aromatic carbocycles. The first-order valence-corrected chi connectivity index (χ1v) is 17.3. The Kier molecular flexibility index (Phi) is 10.2. The van der Waals surface area contributed by atoms with Gasteiger partial charge in [-0.2, -0.15) is 18.4 Å². The lowest BCUT2D eigenvalue weighted by molar-refractivity contribution is -0.137. The standard InChI is InChI=1S/C37H46F3N5O3/c1-42-35(46)25-14-17-43(18-15-25)34-19-27(37(38,39)40)9-12-30(34)32-22-45(20-26(32)13-16-41)36(47)33-23-44(28-5-3-4-6-28)21-31(33)24-7-10-29(48-2)11-8-24/h7-12,19,25-26,28,31-33H,3-6,13-15,17-18,20-23H2,1-2H3,(H,42,46)/t26-,31-,32-,33+/m0/s1. The molecular formula is C37H46F3N5O3. The molecule has 8 nitrogen and oxygen atoms in total. The molecule has 4 atom stereocenters. The van der Waals surface area contributed by atoms with E-state index in [2.05, 4.69) is 28.4 Å². The largest absolute Gasteiger partial charge is 0.497 e. The second-order valence-corrected chi connectivity index (χ2v) is 14.0. The molecule has 0 aromatic heterocycles. The SMILES string of the molecule is CNC(=O)C1CCN(c2cc(C(F)(F)F)ccc2[C@H]2CN(C(=O)[C@@H]3CN(C4CCCC4)C[C@H]3c3ccc(OC)cc3)C[C@@H]2CC#N)CC1. The predicted octanol–water partition coefficient (Wildman–Crippen LogP) is 5.79. The second-order valence-electron chi connectivity index (χ2n) is 14.0. The van der Waals surface area contributed by atoms with Gasteiger partial charge in [-0.1, -0.05) is 31.0 Å². The number of piperidine rings is 1. The number of rotatable bonds is 8. The minimum absolute atomic E-state index is 0.0146. The molecule has 4 fully saturated rings. The van der Waals surface area contributed by atoms with Crippen LogP contribution in [0.4, 0.5) is 18.9 Å². The molecule has 258 valence electrons. The van der Waals surface area contributed by atoms with Crippen molar-refractivity contribution >= 4 is 17.5 Å². The Morgan fingerprint density at radius 2 is 1.67 bits per heavy atom.